The van der Waals surface area contributed by atoms with Crippen molar-refractivity contribution in [3.8, 4) is 18.0 Å². The van der Waals surface area contributed by atoms with Crippen molar-refractivity contribution >= 4 is 34.9 Å². The van der Waals surface area contributed by atoms with Crippen molar-refractivity contribution in [3.63, 3.8) is 0 Å². The number of aromatic nitrogens is 1. The molecule has 6 N–H and O–H groups in total. The molecule has 4 rings (SSSR count). The summed E-state index contributed by atoms with van der Waals surface area (Å²) in [5.41, 5.74) is 13.8. The molecule has 1 aliphatic heterocycles. The van der Waals surface area contributed by atoms with E-state index >= 15 is 0 Å². The molecule has 3 aromatic rings. The summed E-state index contributed by atoms with van der Waals surface area (Å²) in [6, 6.07) is 12.6. The molecular formula is C22H16ClFN8O. The number of fused-ring (bicyclic) bond motifs is 1. The van der Waals surface area contributed by atoms with Crippen molar-refractivity contribution < 1.29 is 9.13 Å². The Hall–Kier alpha value is -4.54. The zero-order chi connectivity index (χ0) is 23.5. The monoisotopic (exact) mass is 462 g/mol. The van der Waals surface area contributed by atoms with Crippen molar-refractivity contribution in [3.05, 3.63) is 75.6 Å². The van der Waals surface area contributed by atoms with Crippen LogP contribution in [-0.4, -0.2) is 10.9 Å². The molecule has 0 fully saturated rings. The van der Waals surface area contributed by atoms with Gasteiger partial charge in [-0.2, -0.15) is 10.5 Å². The van der Waals surface area contributed by atoms with Gasteiger partial charge in [0.15, 0.2) is 6.19 Å². The summed E-state index contributed by atoms with van der Waals surface area (Å²) in [5.74, 6) is 0.469. The average molecular weight is 463 g/mol. The molecule has 0 saturated heterocycles. The molecule has 0 saturated carbocycles. The number of guanidine groups is 1. The molecule has 0 aliphatic carbocycles. The molecule has 33 heavy (non-hydrogen) atoms. The summed E-state index contributed by atoms with van der Waals surface area (Å²) >= 11 is 5.77. The van der Waals surface area contributed by atoms with Crippen molar-refractivity contribution in [1.29, 1.82) is 10.5 Å². The zero-order valence-electron chi connectivity index (χ0n) is 16.9. The molecule has 0 spiro atoms. The Morgan fingerprint density at radius 3 is 2.61 bits per heavy atom. The number of benzene rings is 2. The van der Waals surface area contributed by atoms with Crippen LogP contribution in [0.25, 0.3) is 0 Å². The van der Waals surface area contributed by atoms with Gasteiger partial charge in [-0.1, -0.05) is 29.8 Å². The van der Waals surface area contributed by atoms with E-state index in [1.165, 1.54) is 6.07 Å². The minimum atomic E-state index is -0.667. The summed E-state index contributed by atoms with van der Waals surface area (Å²) in [4.78, 5) is 8.70. The van der Waals surface area contributed by atoms with E-state index in [-0.39, 0.29) is 29.6 Å². The highest BCUT2D eigenvalue weighted by molar-refractivity contribution is 6.30. The first-order valence-electron chi connectivity index (χ1n) is 9.56. The number of ether oxygens (including phenoxy) is 1. The third-order valence-corrected chi connectivity index (χ3v) is 5.20. The number of nitrogens with one attached hydrogen (secondary N) is 2. The van der Waals surface area contributed by atoms with Crippen LogP contribution < -0.4 is 26.8 Å². The van der Waals surface area contributed by atoms with Crippen LogP contribution in [0.4, 0.5) is 21.7 Å². The van der Waals surface area contributed by atoms with Gasteiger partial charge in [-0.3, -0.25) is 5.32 Å². The van der Waals surface area contributed by atoms with E-state index in [0.29, 0.717) is 33.3 Å². The molecule has 0 amide bonds. The van der Waals surface area contributed by atoms with Crippen LogP contribution >= 0.6 is 11.6 Å². The lowest BCUT2D eigenvalue weighted by atomic mass is 9.95. The van der Waals surface area contributed by atoms with Gasteiger partial charge in [0.1, 0.15) is 47.5 Å². The van der Waals surface area contributed by atoms with Gasteiger partial charge in [0.25, 0.3) is 0 Å². The molecule has 2 heterocycles. The molecule has 2 aromatic carbocycles. The number of anilines is 3. The zero-order valence-corrected chi connectivity index (χ0v) is 17.7. The third-order valence-electron chi connectivity index (χ3n) is 4.96. The van der Waals surface area contributed by atoms with Crippen molar-refractivity contribution in [2.24, 2.45) is 4.99 Å². The number of rotatable bonds is 4. The van der Waals surface area contributed by atoms with E-state index in [0.717, 1.165) is 0 Å². The van der Waals surface area contributed by atoms with Crippen molar-refractivity contribution in [1.82, 2.24) is 10.3 Å². The standard InChI is InChI=1S/C22H16ClFN8O/c23-13-4-1-12(16(24)7-13)9-33-14-5-2-11(3-6-14)19-17-18(27)15(8-25)20(28)31-21(17)32-22(30-19)29-10-26/h1-7,19H,9H2,(H6,27,28,29,30,31,32). The summed E-state index contributed by atoms with van der Waals surface area (Å²) < 4.78 is 19.6. The smallest absolute Gasteiger partial charge is 0.211 e. The molecule has 1 atom stereocenters. The van der Waals surface area contributed by atoms with Crippen molar-refractivity contribution in [2.75, 3.05) is 16.8 Å². The van der Waals surface area contributed by atoms with Gasteiger partial charge in [-0.15, -0.1) is 0 Å². The fourth-order valence-corrected chi connectivity index (χ4v) is 3.53. The molecule has 164 valence electrons. The maximum Gasteiger partial charge on any atom is 0.211 e. The normalized spacial score (nSPS) is 14.2. The Balaban J connectivity index is 1.64. The van der Waals surface area contributed by atoms with Gasteiger partial charge in [-0.25, -0.2) is 14.4 Å². The molecule has 9 nitrogen and oxygen atoms in total. The first-order valence-corrected chi connectivity index (χ1v) is 9.94. The maximum absolute atomic E-state index is 14.0. The minimum Gasteiger partial charge on any atom is -0.489 e. The molecule has 1 aromatic heterocycles. The summed E-state index contributed by atoms with van der Waals surface area (Å²) in [6.07, 6.45) is 1.80. The Morgan fingerprint density at radius 2 is 1.94 bits per heavy atom. The van der Waals surface area contributed by atoms with Crippen LogP contribution in [0, 0.1) is 28.6 Å². The highest BCUT2D eigenvalue weighted by Crippen LogP contribution is 2.40. The van der Waals surface area contributed by atoms with Crippen LogP contribution in [0.1, 0.15) is 28.3 Å². The summed E-state index contributed by atoms with van der Waals surface area (Å²) in [6.45, 7) is 0.0224. The second kappa shape index (κ2) is 8.91. The summed E-state index contributed by atoms with van der Waals surface area (Å²) in [5, 5.41) is 24.0. The Morgan fingerprint density at radius 1 is 1.18 bits per heavy atom. The van der Waals surface area contributed by atoms with Gasteiger partial charge >= 0.3 is 0 Å². The predicted molar refractivity (Wildman–Crippen MR) is 122 cm³/mol. The van der Waals surface area contributed by atoms with Crippen LogP contribution in [-0.2, 0) is 6.61 Å². The lowest BCUT2D eigenvalue weighted by Crippen LogP contribution is -2.32. The first kappa shape index (κ1) is 21.7. The first-order chi connectivity index (χ1) is 15.9. The number of aliphatic imine (C=N–C) groups is 1. The number of nitrogen functional groups attached to an aromatic ring is 2. The topological polar surface area (TPSA) is 158 Å². The number of nitriles is 2. The number of pyridine rings is 1. The third kappa shape index (κ3) is 4.28. The fraction of sp³-hybridized carbons (Fsp3) is 0.0909. The van der Waals surface area contributed by atoms with E-state index in [9.17, 15) is 9.65 Å². The second-order valence-corrected chi connectivity index (χ2v) is 7.43. The predicted octanol–water partition coefficient (Wildman–Crippen LogP) is 3.43. The lowest BCUT2D eigenvalue weighted by Gasteiger charge is -2.26. The van der Waals surface area contributed by atoms with Crippen LogP contribution in [0.15, 0.2) is 47.5 Å². The Bertz CT molecular complexity index is 1340. The van der Waals surface area contributed by atoms with E-state index < -0.39 is 11.9 Å². The average Bonchev–Trinajstić information content (AvgIpc) is 2.79. The van der Waals surface area contributed by atoms with Gasteiger partial charge in [0.05, 0.1) is 5.69 Å². The second-order valence-electron chi connectivity index (χ2n) is 7.00. The van der Waals surface area contributed by atoms with E-state index in [4.69, 9.17) is 33.1 Å². The molecule has 0 radical (unpaired) electrons. The van der Waals surface area contributed by atoms with Crippen LogP contribution in [0.3, 0.4) is 0 Å². The molecule has 1 aliphatic rings. The van der Waals surface area contributed by atoms with Crippen LogP contribution in [0.5, 0.6) is 5.75 Å². The number of nitrogens with two attached hydrogens (primary N) is 2. The fourth-order valence-electron chi connectivity index (χ4n) is 3.37. The number of hydrogen-bond acceptors (Lipinski definition) is 9. The van der Waals surface area contributed by atoms with Gasteiger partial charge < -0.3 is 21.5 Å². The quantitative estimate of drug-likeness (QED) is 0.339. The molecule has 11 heteroatoms. The number of halogens is 2. The Labute approximate surface area is 193 Å². The van der Waals surface area contributed by atoms with Gasteiger partial charge in [0.2, 0.25) is 5.96 Å². The molecular weight excluding hydrogens is 447 g/mol. The van der Waals surface area contributed by atoms with Crippen molar-refractivity contribution in [2.45, 2.75) is 12.6 Å². The molecule has 1 unspecified atom stereocenters. The largest absolute Gasteiger partial charge is 0.489 e. The van der Waals surface area contributed by atoms with E-state index in [1.54, 1.807) is 42.6 Å². The van der Waals surface area contributed by atoms with Crippen LogP contribution in [0.2, 0.25) is 5.02 Å². The lowest BCUT2D eigenvalue weighted by molar-refractivity contribution is 0.300. The SMILES string of the molecule is N#CNC1=NC(c2ccc(OCc3ccc(Cl)cc3F)cc2)c2c(nc(N)c(C#N)c2N)N1. The minimum absolute atomic E-state index is 0.0224. The van der Waals surface area contributed by atoms with Gasteiger partial charge in [0, 0.05) is 16.1 Å². The van der Waals surface area contributed by atoms with E-state index in [2.05, 4.69) is 20.6 Å². The highest BCUT2D eigenvalue weighted by Gasteiger charge is 2.29. The number of hydrogen-bond donors (Lipinski definition) is 4. The highest BCUT2D eigenvalue weighted by atomic mass is 35.5. The number of nitrogens with zero attached hydrogens (tertiary/aromatic N) is 4. The maximum atomic E-state index is 14.0. The molecule has 0 bridgehead atoms. The van der Waals surface area contributed by atoms with E-state index in [1.807, 2.05) is 6.07 Å². The Kier molecular flexibility index (Phi) is 5.85. The summed E-state index contributed by atoms with van der Waals surface area (Å²) in [7, 11) is 0. The van der Waals surface area contributed by atoms with Gasteiger partial charge in [-0.05, 0) is 29.8 Å².